The Balaban J connectivity index is 1.83. The molecule has 0 unspecified atom stereocenters. The van der Waals surface area contributed by atoms with Gasteiger partial charge in [-0.1, -0.05) is 26.8 Å². The lowest BCUT2D eigenvalue weighted by Crippen LogP contribution is -2.50. The molecule has 40 heavy (non-hydrogen) atoms. The summed E-state index contributed by atoms with van der Waals surface area (Å²) in [5.41, 5.74) is 0.729. The van der Waals surface area contributed by atoms with E-state index in [2.05, 4.69) is 20.9 Å². The van der Waals surface area contributed by atoms with Crippen molar-refractivity contribution >= 4 is 34.6 Å². The van der Waals surface area contributed by atoms with Crippen molar-refractivity contribution in [2.24, 2.45) is 11.8 Å². The molecule has 1 fully saturated rings. The van der Waals surface area contributed by atoms with E-state index in [1.54, 1.807) is 25.3 Å². The first-order chi connectivity index (χ1) is 19.2. The number of nitrogens with zero attached hydrogens (tertiary/aromatic N) is 1. The van der Waals surface area contributed by atoms with Crippen LogP contribution in [0.1, 0.15) is 56.9 Å². The van der Waals surface area contributed by atoms with Crippen LogP contribution in [0.25, 0.3) is 10.9 Å². The van der Waals surface area contributed by atoms with E-state index in [9.17, 15) is 24.4 Å². The van der Waals surface area contributed by atoms with Crippen LogP contribution in [0, 0.1) is 23.2 Å². The van der Waals surface area contributed by atoms with E-state index in [0.29, 0.717) is 37.1 Å². The van der Waals surface area contributed by atoms with Crippen LogP contribution in [0.2, 0.25) is 0 Å². The molecular weight excluding hydrogens is 514 g/mol. The molecule has 11 heteroatoms. The smallest absolute Gasteiger partial charge is 0.348 e. The van der Waals surface area contributed by atoms with Crippen molar-refractivity contribution in [1.29, 1.82) is 5.26 Å². The van der Waals surface area contributed by atoms with Crippen molar-refractivity contribution < 1.29 is 28.7 Å². The summed E-state index contributed by atoms with van der Waals surface area (Å²) in [6.45, 7) is 6.36. The summed E-state index contributed by atoms with van der Waals surface area (Å²) in [4.78, 5) is 54.4. The predicted octanol–water partition coefficient (Wildman–Crippen LogP) is 2.74. The SMILES string of the molecule is CCCOC(=O)/C(C#N)=C\[C@H](C[C@@H]1CCNC1=O)NC(=O)[C@H](CC(C)C)NC(=O)c1cc2c(OC)cccc2[nH]1. The number of benzene rings is 1. The molecule has 1 aliphatic rings. The molecule has 3 atom stereocenters. The quantitative estimate of drug-likeness (QED) is 0.169. The van der Waals surface area contributed by atoms with Gasteiger partial charge >= 0.3 is 5.97 Å². The highest BCUT2D eigenvalue weighted by Gasteiger charge is 2.30. The molecule has 1 aromatic carbocycles. The molecule has 0 spiro atoms. The van der Waals surface area contributed by atoms with Gasteiger partial charge in [-0.3, -0.25) is 14.4 Å². The van der Waals surface area contributed by atoms with Gasteiger partial charge in [-0.05, 0) is 55.9 Å². The van der Waals surface area contributed by atoms with E-state index in [4.69, 9.17) is 9.47 Å². The number of methoxy groups -OCH3 is 1. The Kier molecular flexibility index (Phi) is 10.7. The Morgan fingerprint density at radius 2 is 2.02 bits per heavy atom. The summed E-state index contributed by atoms with van der Waals surface area (Å²) in [6, 6.07) is 7.20. The van der Waals surface area contributed by atoms with Crippen molar-refractivity contribution in [2.45, 2.75) is 58.5 Å². The first kappa shape index (κ1) is 30.2. The topological polar surface area (TPSA) is 162 Å². The average Bonchev–Trinajstić information content (AvgIpc) is 3.55. The Hall–Kier alpha value is -4.33. The minimum atomic E-state index is -0.910. The number of nitriles is 1. The second kappa shape index (κ2) is 14.2. The molecule has 11 nitrogen and oxygen atoms in total. The zero-order valence-corrected chi connectivity index (χ0v) is 23.3. The molecule has 2 aromatic rings. The summed E-state index contributed by atoms with van der Waals surface area (Å²) >= 11 is 0. The van der Waals surface area contributed by atoms with Crippen LogP contribution in [-0.4, -0.2) is 61.0 Å². The fraction of sp³-hybridized carbons (Fsp3) is 0.483. The molecule has 0 saturated carbocycles. The van der Waals surface area contributed by atoms with Gasteiger partial charge in [0.05, 0.1) is 13.7 Å². The maximum absolute atomic E-state index is 13.5. The number of esters is 1. The lowest BCUT2D eigenvalue weighted by Gasteiger charge is -2.24. The number of rotatable bonds is 13. The fourth-order valence-electron chi connectivity index (χ4n) is 4.62. The van der Waals surface area contributed by atoms with Crippen molar-refractivity contribution in [3.05, 3.63) is 41.6 Å². The normalized spacial score (nSPS) is 16.6. The van der Waals surface area contributed by atoms with Crippen LogP contribution in [0.4, 0.5) is 0 Å². The zero-order chi connectivity index (χ0) is 29.2. The first-order valence-electron chi connectivity index (χ1n) is 13.5. The molecule has 3 rings (SSSR count). The van der Waals surface area contributed by atoms with Gasteiger partial charge in [-0.15, -0.1) is 0 Å². The van der Waals surface area contributed by atoms with E-state index in [1.807, 2.05) is 32.9 Å². The second-order valence-corrected chi connectivity index (χ2v) is 10.2. The number of H-pyrrole nitrogens is 1. The predicted molar refractivity (Wildman–Crippen MR) is 148 cm³/mol. The number of aromatic nitrogens is 1. The number of ether oxygens (including phenoxy) is 2. The Labute approximate surface area is 233 Å². The van der Waals surface area contributed by atoms with Crippen LogP contribution in [0.3, 0.4) is 0 Å². The number of amides is 3. The molecule has 2 heterocycles. The molecular formula is C29H37N5O6. The molecule has 3 amide bonds. The van der Waals surface area contributed by atoms with Crippen molar-refractivity contribution in [3.8, 4) is 11.8 Å². The number of aromatic amines is 1. The summed E-state index contributed by atoms with van der Waals surface area (Å²) in [5, 5.41) is 18.7. The monoisotopic (exact) mass is 551 g/mol. The first-order valence-corrected chi connectivity index (χ1v) is 13.5. The fourth-order valence-corrected chi connectivity index (χ4v) is 4.62. The van der Waals surface area contributed by atoms with Gasteiger partial charge in [0.15, 0.2) is 0 Å². The van der Waals surface area contributed by atoms with Crippen LogP contribution in [-0.2, 0) is 19.1 Å². The minimum Gasteiger partial charge on any atom is -0.496 e. The van der Waals surface area contributed by atoms with Gasteiger partial charge in [0.1, 0.15) is 29.1 Å². The molecule has 1 aliphatic heterocycles. The standard InChI is InChI=1S/C29H37N5O6/c1-5-11-40-29(38)19(16-30)14-20(13-18-9-10-31-26(18)35)32-27(36)23(12-17(2)3)34-28(37)24-15-21-22(33-24)7-6-8-25(21)39-4/h6-8,14-15,17-18,20,23,33H,5,9-13H2,1-4H3,(H,31,35)(H,32,36)(H,34,37)/b19-14-/t18-,20-,23-/m0/s1. The average molecular weight is 552 g/mol. The van der Waals surface area contributed by atoms with Crippen LogP contribution >= 0.6 is 0 Å². The van der Waals surface area contributed by atoms with Gasteiger partial charge in [0, 0.05) is 29.4 Å². The molecule has 1 aromatic heterocycles. The molecule has 0 radical (unpaired) electrons. The van der Waals surface area contributed by atoms with E-state index in [0.717, 1.165) is 5.39 Å². The van der Waals surface area contributed by atoms with Crippen LogP contribution in [0.5, 0.6) is 5.75 Å². The largest absolute Gasteiger partial charge is 0.496 e. The molecule has 0 bridgehead atoms. The number of carbonyl (C=O) groups is 4. The van der Waals surface area contributed by atoms with E-state index in [1.165, 1.54) is 6.08 Å². The summed E-state index contributed by atoms with van der Waals surface area (Å²) < 4.78 is 10.5. The number of hydrogen-bond acceptors (Lipinski definition) is 7. The highest BCUT2D eigenvalue weighted by atomic mass is 16.5. The third-order valence-electron chi connectivity index (χ3n) is 6.59. The Morgan fingerprint density at radius 3 is 2.65 bits per heavy atom. The number of carbonyl (C=O) groups excluding carboxylic acids is 4. The zero-order valence-electron chi connectivity index (χ0n) is 23.3. The number of nitrogens with one attached hydrogen (secondary N) is 4. The van der Waals surface area contributed by atoms with Crippen LogP contribution < -0.4 is 20.7 Å². The van der Waals surface area contributed by atoms with E-state index in [-0.39, 0.29) is 36.1 Å². The maximum atomic E-state index is 13.5. The van der Waals surface area contributed by atoms with Gasteiger partial charge in [-0.2, -0.15) is 5.26 Å². The second-order valence-electron chi connectivity index (χ2n) is 10.2. The Morgan fingerprint density at radius 1 is 1.25 bits per heavy atom. The lowest BCUT2D eigenvalue weighted by atomic mass is 9.96. The van der Waals surface area contributed by atoms with Gasteiger partial charge in [-0.25, -0.2) is 4.79 Å². The van der Waals surface area contributed by atoms with Gasteiger partial charge in [0.25, 0.3) is 5.91 Å². The number of hydrogen-bond donors (Lipinski definition) is 4. The molecule has 4 N–H and O–H groups in total. The highest BCUT2D eigenvalue weighted by molar-refractivity contribution is 6.01. The number of fused-ring (bicyclic) bond motifs is 1. The summed E-state index contributed by atoms with van der Waals surface area (Å²) in [7, 11) is 1.55. The van der Waals surface area contributed by atoms with Crippen molar-refractivity contribution in [3.63, 3.8) is 0 Å². The van der Waals surface area contributed by atoms with E-state index < -0.39 is 35.8 Å². The molecule has 0 aliphatic carbocycles. The van der Waals surface area contributed by atoms with Crippen molar-refractivity contribution in [2.75, 3.05) is 20.3 Å². The highest BCUT2D eigenvalue weighted by Crippen LogP contribution is 2.26. The van der Waals surface area contributed by atoms with Crippen LogP contribution in [0.15, 0.2) is 35.9 Å². The Bertz CT molecular complexity index is 1310. The molecule has 1 saturated heterocycles. The van der Waals surface area contributed by atoms with E-state index >= 15 is 0 Å². The summed E-state index contributed by atoms with van der Waals surface area (Å²) in [6.07, 6.45) is 3.02. The minimum absolute atomic E-state index is 0.0622. The maximum Gasteiger partial charge on any atom is 0.348 e. The third kappa shape index (κ3) is 7.85. The van der Waals surface area contributed by atoms with Gasteiger partial charge in [0.2, 0.25) is 11.8 Å². The summed E-state index contributed by atoms with van der Waals surface area (Å²) in [5.74, 6) is -1.63. The van der Waals surface area contributed by atoms with Gasteiger partial charge < -0.3 is 30.4 Å². The van der Waals surface area contributed by atoms with Crippen molar-refractivity contribution in [1.82, 2.24) is 20.9 Å². The third-order valence-corrected chi connectivity index (χ3v) is 6.59. The molecule has 214 valence electrons. The lowest BCUT2D eigenvalue weighted by molar-refractivity contribution is -0.138.